The van der Waals surface area contributed by atoms with E-state index in [1.54, 1.807) is 18.2 Å². The molecule has 0 amide bonds. The van der Waals surface area contributed by atoms with Crippen molar-refractivity contribution in [2.24, 2.45) is 0 Å². The Kier molecular flexibility index (Phi) is 6.76. The van der Waals surface area contributed by atoms with Crippen molar-refractivity contribution in [1.82, 2.24) is 10.2 Å². The number of hydrogen-bond donors (Lipinski definition) is 2. The molecule has 0 aliphatic carbocycles. The molecule has 0 unspecified atom stereocenters. The fourth-order valence-corrected chi connectivity index (χ4v) is 3.37. The first-order chi connectivity index (χ1) is 12.3. The molecule has 26 heavy (non-hydrogen) atoms. The summed E-state index contributed by atoms with van der Waals surface area (Å²) >= 11 is 6.11. The topological polar surface area (TPSA) is 110 Å². The number of sulfonamides is 1. The molecule has 0 saturated carbocycles. The van der Waals surface area contributed by atoms with Crippen molar-refractivity contribution in [3.8, 4) is 0 Å². The lowest BCUT2D eigenvalue weighted by atomic mass is 10.2. The number of rotatable bonds is 8. The molecule has 0 atom stereocenters. The molecule has 0 aliphatic heterocycles. The van der Waals surface area contributed by atoms with Crippen LogP contribution >= 0.6 is 11.6 Å². The Hall–Kier alpha value is -2.39. The molecule has 0 saturated heterocycles. The van der Waals surface area contributed by atoms with Gasteiger partial charge in [0.25, 0.3) is 0 Å². The van der Waals surface area contributed by atoms with Crippen molar-refractivity contribution in [3.05, 3.63) is 40.9 Å². The smallest absolute Gasteiger partial charge is 0.337 e. The molecular weight excluding hydrogens is 380 g/mol. The van der Waals surface area contributed by atoms with E-state index in [0.717, 1.165) is 6.42 Å². The second kappa shape index (κ2) is 8.81. The number of hydrogen-bond acceptors (Lipinski definition) is 7. The number of unbranched alkanes of at least 4 members (excludes halogenated alkanes) is 1. The molecule has 2 N–H and O–H groups in total. The van der Waals surface area contributed by atoms with Crippen LogP contribution < -0.4 is 10.0 Å². The van der Waals surface area contributed by atoms with Gasteiger partial charge in [-0.1, -0.05) is 24.9 Å². The van der Waals surface area contributed by atoms with Gasteiger partial charge in [0.15, 0.2) is 11.6 Å². The van der Waals surface area contributed by atoms with E-state index in [4.69, 9.17) is 11.6 Å². The maximum absolute atomic E-state index is 11.9. The van der Waals surface area contributed by atoms with Crippen LogP contribution in [-0.4, -0.2) is 37.4 Å². The number of carbonyl (C=O) groups is 1. The second-order valence-electron chi connectivity index (χ2n) is 5.39. The largest absolute Gasteiger partial charge is 0.465 e. The van der Waals surface area contributed by atoms with Gasteiger partial charge in [-0.15, -0.1) is 10.2 Å². The molecule has 2 rings (SSSR count). The number of nitrogens with zero attached hydrogens (tertiary/aromatic N) is 2. The van der Waals surface area contributed by atoms with Crippen molar-refractivity contribution in [1.29, 1.82) is 0 Å². The number of esters is 1. The van der Waals surface area contributed by atoms with Crippen molar-refractivity contribution < 1.29 is 17.9 Å². The summed E-state index contributed by atoms with van der Waals surface area (Å²) in [6, 6.07) is 7.65. The van der Waals surface area contributed by atoms with E-state index in [1.165, 1.54) is 19.2 Å². The van der Waals surface area contributed by atoms with E-state index in [9.17, 15) is 13.2 Å². The van der Waals surface area contributed by atoms with E-state index < -0.39 is 16.0 Å². The summed E-state index contributed by atoms with van der Waals surface area (Å²) < 4.78 is 30.7. The van der Waals surface area contributed by atoms with Crippen LogP contribution in [0.4, 0.5) is 17.3 Å². The van der Waals surface area contributed by atoms with Crippen LogP contribution in [0, 0.1) is 0 Å². The summed E-state index contributed by atoms with van der Waals surface area (Å²) in [6.45, 7) is 1.91. The van der Waals surface area contributed by atoms with Gasteiger partial charge in [0, 0.05) is 0 Å². The van der Waals surface area contributed by atoms with Gasteiger partial charge in [0.1, 0.15) is 0 Å². The van der Waals surface area contributed by atoms with Crippen molar-refractivity contribution in [3.63, 3.8) is 0 Å². The third-order valence-electron chi connectivity index (χ3n) is 3.34. The summed E-state index contributed by atoms with van der Waals surface area (Å²) in [7, 11) is -2.15. The van der Waals surface area contributed by atoms with Crippen LogP contribution in [0.2, 0.25) is 5.02 Å². The number of methoxy groups -OCH3 is 1. The van der Waals surface area contributed by atoms with E-state index in [1.807, 2.05) is 6.92 Å². The molecule has 0 aliphatic rings. The lowest BCUT2D eigenvalue weighted by Gasteiger charge is -2.10. The van der Waals surface area contributed by atoms with Crippen LogP contribution in [0.25, 0.3) is 0 Å². The van der Waals surface area contributed by atoms with Crippen LogP contribution in [0.15, 0.2) is 30.3 Å². The molecule has 8 nitrogen and oxygen atoms in total. The monoisotopic (exact) mass is 398 g/mol. The lowest BCUT2D eigenvalue weighted by molar-refractivity contribution is 0.0601. The van der Waals surface area contributed by atoms with E-state index in [-0.39, 0.29) is 11.6 Å². The Morgan fingerprint density at radius 2 is 1.88 bits per heavy atom. The number of benzene rings is 1. The molecule has 1 heterocycles. The van der Waals surface area contributed by atoms with E-state index in [0.29, 0.717) is 28.5 Å². The standard InChI is InChI=1S/C16H19ClN4O4S/c1-3-4-9-26(23,24)21-15-8-7-14(19-20-15)18-13-10-11(16(22)25-2)5-6-12(13)17/h5-8,10H,3-4,9H2,1-2H3,(H,18,19)(H,20,21). The van der Waals surface area contributed by atoms with Crippen molar-refractivity contribution in [2.75, 3.05) is 22.9 Å². The molecule has 140 valence electrons. The SMILES string of the molecule is CCCCS(=O)(=O)Nc1ccc(Nc2cc(C(=O)OC)ccc2Cl)nn1. The Balaban J connectivity index is 2.11. The second-order valence-corrected chi connectivity index (χ2v) is 7.64. The quantitative estimate of drug-likeness (QED) is 0.657. The molecule has 0 radical (unpaired) electrons. The van der Waals surface area contributed by atoms with Gasteiger partial charge >= 0.3 is 5.97 Å². The fourth-order valence-electron chi connectivity index (χ4n) is 2.00. The lowest BCUT2D eigenvalue weighted by Crippen LogP contribution is -2.17. The Bertz CT molecular complexity index is 872. The number of nitrogens with one attached hydrogen (secondary N) is 2. The third kappa shape index (κ3) is 5.57. The molecule has 0 fully saturated rings. The molecule has 1 aromatic carbocycles. The molecular formula is C16H19ClN4O4S. The molecule has 0 spiro atoms. The zero-order chi connectivity index (χ0) is 19.2. The highest BCUT2D eigenvalue weighted by atomic mass is 35.5. The predicted molar refractivity (Wildman–Crippen MR) is 100 cm³/mol. The summed E-state index contributed by atoms with van der Waals surface area (Å²) in [6.07, 6.45) is 1.35. The van der Waals surface area contributed by atoms with Crippen LogP contribution in [0.1, 0.15) is 30.1 Å². The average Bonchev–Trinajstić information content (AvgIpc) is 2.62. The highest BCUT2D eigenvalue weighted by molar-refractivity contribution is 7.92. The zero-order valence-corrected chi connectivity index (χ0v) is 15.9. The molecule has 0 bridgehead atoms. The molecule has 1 aromatic heterocycles. The van der Waals surface area contributed by atoms with Gasteiger partial charge in [0.05, 0.1) is 29.1 Å². The van der Waals surface area contributed by atoms with Gasteiger partial charge in [-0.2, -0.15) is 0 Å². The van der Waals surface area contributed by atoms with Crippen molar-refractivity contribution in [2.45, 2.75) is 19.8 Å². The maximum Gasteiger partial charge on any atom is 0.337 e. The summed E-state index contributed by atoms with van der Waals surface area (Å²) in [5.41, 5.74) is 0.771. The predicted octanol–water partition coefficient (Wildman–Crippen LogP) is 3.20. The first-order valence-electron chi connectivity index (χ1n) is 7.83. The van der Waals surface area contributed by atoms with Crippen LogP contribution in [-0.2, 0) is 14.8 Å². The van der Waals surface area contributed by atoms with Gasteiger partial charge in [-0.05, 0) is 36.8 Å². The zero-order valence-electron chi connectivity index (χ0n) is 14.3. The third-order valence-corrected chi connectivity index (χ3v) is 5.02. The summed E-state index contributed by atoms with van der Waals surface area (Å²) in [5, 5.41) is 11.0. The van der Waals surface area contributed by atoms with E-state index in [2.05, 4.69) is 25.0 Å². The minimum Gasteiger partial charge on any atom is -0.465 e. The van der Waals surface area contributed by atoms with E-state index >= 15 is 0 Å². The number of carbonyl (C=O) groups excluding carboxylic acids is 1. The van der Waals surface area contributed by atoms with Gasteiger partial charge in [-0.25, -0.2) is 13.2 Å². The highest BCUT2D eigenvalue weighted by Crippen LogP contribution is 2.26. The number of ether oxygens (including phenoxy) is 1. The van der Waals surface area contributed by atoms with Crippen LogP contribution in [0.5, 0.6) is 0 Å². The number of anilines is 3. The average molecular weight is 399 g/mol. The Morgan fingerprint density at radius 3 is 2.50 bits per heavy atom. The Labute approximate surface area is 157 Å². The minimum atomic E-state index is -3.44. The molecule has 10 heteroatoms. The van der Waals surface area contributed by atoms with Crippen LogP contribution in [0.3, 0.4) is 0 Å². The maximum atomic E-state index is 11.9. The first-order valence-corrected chi connectivity index (χ1v) is 9.86. The van der Waals surface area contributed by atoms with Gasteiger partial charge in [-0.3, -0.25) is 4.72 Å². The molecule has 2 aromatic rings. The fraction of sp³-hybridized carbons (Fsp3) is 0.312. The first kappa shape index (κ1) is 19.9. The minimum absolute atomic E-state index is 0.0289. The van der Waals surface area contributed by atoms with Gasteiger partial charge < -0.3 is 10.1 Å². The van der Waals surface area contributed by atoms with Crippen molar-refractivity contribution >= 4 is 44.9 Å². The highest BCUT2D eigenvalue weighted by Gasteiger charge is 2.12. The van der Waals surface area contributed by atoms with Gasteiger partial charge in [0.2, 0.25) is 10.0 Å². The number of halogens is 1. The summed E-state index contributed by atoms with van der Waals surface area (Å²) in [5.74, 6) is 0.000284. The summed E-state index contributed by atoms with van der Waals surface area (Å²) in [4.78, 5) is 11.6. The number of aromatic nitrogens is 2. The normalized spacial score (nSPS) is 11.0. The Morgan fingerprint density at radius 1 is 1.19 bits per heavy atom.